The van der Waals surface area contributed by atoms with Gasteiger partial charge in [0.25, 0.3) is 5.91 Å². The summed E-state index contributed by atoms with van der Waals surface area (Å²) in [5, 5.41) is 2.70. The monoisotopic (exact) mass is 263 g/mol. The molecule has 0 radical (unpaired) electrons. The third-order valence-electron chi connectivity index (χ3n) is 2.96. The number of benzene rings is 1. The van der Waals surface area contributed by atoms with Crippen molar-refractivity contribution in [2.45, 2.75) is 25.9 Å². The SMILES string of the molecule is Cc1ccccc1NC(=O)COC(=O)[C@@H]1CCCO1. The van der Waals surface area contributed by atoms with Gasteiger partial charge in [0.15, 0.2) is 12.7 Å². The van der Waals surface area contributed by atoms with Crippen LogP contribution in [0.3, 0.4) is 0 Å². The molecule has 102 valence electrons. The minimum atomic E-state index is -0.508. The van der Waals surface area contributed by atoms with Crippen molar-refractivity contribution < 1.29 is 19.1 Å². The van der Waals surface area contributed by atoms with Crippen LogP contribution < -0.4 is 5.32 Å². The molecular formula is C14H17NO4. The zero-order chi connectivity index (χ0) is 13.7. The molecule has 0 bridgehead atoms. The third kappa shape index (κ3) is 3.79. The largest absolute Gasteiger partial charge is 0.454 e. The van der Waals surface area contributed by atoms with Gasteiger partial charge in [-0.1, -0.05) is 18.2 Å². The molecule has 0 unspecified atom stereocenters. The normalized spacial score (nSPS) is 18.1. The zero-order valence-electron chi connectivity index (χ0n) is 10.8. The number of esters is 1. The van der Waals surface area contributed by atoms with E-state index in [0.29, 0.717) is 13.0 Å². The van der Waals surface area contributed by atoms with Crippen LogP contribution in [0.25, 0.3) is 0 Å². The van der Waals surface area contributed by atoms with Gasteiger partial charge in [-0.05, 0) is 31.4 Å². The van der Waals surface area contributed by atoms with Crippen molar-refractivity contribution in [3.05, 3.63) is 29.8 Å². The smallest absolute Gasteiger partial charge is 0.335 e. The van der Waals surface area contributed by atoms with Crippen molar-refractivity contribution in [2.75, 3.05) is 18.5 Å². The molecule has 0 aliphatic carbocycles. The molecule has 1 saturated heterocycles. The molecule has 0 spiro atoms. The average Bonchev–Trinajstić information content (AvgIpc) is 2.93. The van der Waals surface area contributed by atoms with E-state index >= 15 is 0 Å². The van der Waals surface area contributed by atoms with Gasteiger partial charge in [0, 0.05) is 12.3 Å². The molecule has 1 N–H and O–H groups in total. The number of rotatable bonds is 4. The third-order valence-corrected chi connectivity index (χ3v) is 2.96. The Balaban J connectivity index is 1.78. The van der Waals surface area contributed by atoms with E-state index in [4.69, 9.17) is 9.47 Å². The summed E-state index contributed by atoms with van der Waals surface area (Å²) in [6.45, 7) is 2.19. The van der Waals surface area contributed by atoms with E-state index < -0.39 is 12.1 Å². The van der Waals surface area contributed by atoms with E-state index in [2.05, 4.69) is 5.32 Å². The molecule has 1 aromatic carbocycles. The predicted molar refractivity (Wildman–Crippen MR) is 69.7 cm³/mol. The van der Waals surface area contributed by atoms with Crippen LogP contribution >= 0.6 is 0 Å². The predicted octanol–water partition coefficient (Wildman–Crippen LogP) is 1.66. The van der Waals surface area contributed by atoms with Gasteiger partial charge in [-0.25, -0.2) is 4.79 Å². The summed E-state index contributed by atoms with van der Waals surface area (Å²) >= 11 is 0. The van der Waals surface area contributed by atoms with Crippen molar-refractivity contribution in [3.8, 4) is 0 Å². The maximum Gasteiger partial charge on any atom is 0.335 e. The highest BCUT2D eigenvalue weighted by atomic mass is 16.6. The van der Waals surface area contributed by atoms with Crippen LogP contribution in [-0.2, 0) is 19.1 Å². The maximum atomic E-state index is 11.7. The lowest BCUT2D eigenvalue weighted by Crippen LogP contribution is -2.27. The highest BCUT2D eigenvalue weighted by Crippen LogP contribution is 2.14. The van der Waals surface area contributed by atoms with Crippen molar-refractivity contribution in [1.29, 1.82) is 0 Å². The first-order chi connectivity index (χ1) is 9.16. The number of nitrogens with one attached hydrogen (secondary N) is 1. The van der Waals surface area contributed by atoms with Crippen LogP contribution in [0.4, 0.5) is 5.69 Å². The highest BCUT2D eigenvalue weighted by Gasteiger charge is 2.25. The van der Waals surface area contributed by atoms with Gasteiger partial charge < -0.3 is 14.8 Å². The van der Waals surface area contributed by atoms with E-state index in [9.17, 15) is 9.59 Å². The molecule has 1 amide bonds. The summed E-state index contributed by atoms with van der Waals surface area (Å²) in [6, 6.07) is 7.42. The Morgan fingerprint density at radius 1 is 1.42 bits per heavy atom. The lowest BCUT2D eigenvalue weighted by molar-refractivity contribution is -0.156. The van der Waals surface area contributed by atoms with Crippen LogP contribution in [0, 0.1) is 6.92 Å². The molecule has 19 heavy (non-hydrogen) atoms. The van der Waals surface area contributed by atoms with Gasteiger partial charge in [-0.15, -0.1) is 0 Å². The van der Waals surface area contributed by atoms with E-state index in [1.807, 2.05) is 25.1 Å². The topological polar surface area (TPSA) is 64.6 Å². The second kappa shape index (κ2) is 6.33. The van der Waals surface area contributed by atoms with Crippen LogP contribution in [0.15, 0.2) is 24.3 Å². The standard InChI is InChI=1S/C14H17NO4/c1-10-5-2-3-6-11(10)15-13(16)9-19-14(17)12-7-4-8-18-12/h2-3,5-6,12H,4,7-9H2,1H3,(H,15,16)/t12-/m0/s1. The molecule has 5 nitrogen and oxygen atoms in total. The van der Waals surface area contributed by atoms with Gasteiger partial charge >= 0.3 is 5.97 Å². The van der Waals surface area contributed by atoms with Gasteiger partial charge in [0.2, 0.25) is 0 Å². The fourth-order valence-corrected chi connectivity index (χ4v) is 1.89. The Morgan fingerprint density at radius 2 is 2.21 bits per heavy atom. The Kier molecular flexibility index (Phi) is 4.52. The average molecular weight is 263 g/mol. The minimum absolute atomic E-state index is 0.285. The number of para-hydroxylation sites is 1. The minimum Gasteiger partial charge on any atom is -0.454 e. The lowest BCUT2D eigenvalue weighted by atomic mass is 10.2. The number of carbonyl (C=O) groups is 2. The summed E-state index contributed by atoms with van der Waals surface area (Å²) in [7, 11) is 0. The van der Waals surface area contributed by atoms with Gasteiger partial charge in [-0.2, -0.15) is 0 Å². The highest BCUT2D eigenvalue weighted by molar-refractivity contribution is 5.93. The fourth-order valence-electron chi connectivity index (χ4n) is 1.89. The van der Waals surface area contributed by atoms with Gasteiger partial charge in [0.1, 0.15) is 0 Å². The number of ether oxygens (including phenoxy) is 2. The molecule has 2 rings (SSSR count). The van der Waals surface area contributed by atoms with Crippen LogP contribution in [0.1, 0.15) is 18.4 Å². The summed E-state index contributed by atoms with van der Waals surface area (Å²) in [5.74, 6) is -0.807. The summed E-state index contributed by atoms with van der Waals surface area (Å²) in [5.41, 5.74) is 1.68. The molecule has 5 heteroatoms. The number of amides is 1. The van der Waals surface area contributed by atoms with Crippen LogP contribution in [0.2, 0.25) is 0 Å². The van der Waals surface area contributed by atoms with E-state index in [-0.39, 0.29) is 12.5 Å². The van der Waals surface area contributed by atoms with Crippen molar-refractivity contribution >= 4 is 17.6 Å². The molecule has 1 fully saturated rings. The maximum absolute atomic E-state index is 11.7. The molecule has 1 atom stereocenters. The molecule has 1 aromatic rings. The molecule has 1 aliphatic heterocycles. The first-order valence-electron chi connectivity index (χ1n) is 6.30. The molecular weight excluding hydrogens is 246 g/mol. The van der Waals surface area contributed by atoms with Gasteiger partial charge in [-0.3, -0.25) is 4.79 Å². The molecule has 1 aliphatic rings. The number of anilines is 1. The summed E-state index contributed by atoms with van der Waals surface area (Å²) in [6.07, 6.45) is 1.01. The van der Waals surface area contributed by atoms with E-state index in [0.717, 1.165) is 17.7 Å². The fraction of sp³-hybridized carbons (Fsp3) is 0.429. The van der Waals surface area contributed by atoms with E-state index in [1.54, 1.807) is 6.07 Å². The van der Waals surface area contributed by atoms with Crippen molar-refractivity contribution in [3.63, 3.8) is 0 Å². The molecule has 0 saturated carbocycles. The second-order valence-electron chi connectivity index (χ2n) is 4.47. The first kappa shape index (κ1) is 13.5. The Hall–Kier alpha value is -1.88. The quantitative estimate of drug-likeness (QED) is 0.839. The van der Waals surface area contributed by atoms with Crippen molar-refractivity contribution in [2.24, 2.45) is 0 Å². The van der Waals surface area contributed by atoms with E-state index in [1.165, 1.54) is 0 Å². The van der Waals surface area contributed by atoms with Crippen molar-refractivity contribution in [1.82, 2.24) is 0 Å². The number of hydrogen-bond acceptors (Lipinski definition) is 4. The second-order valence-corrected chi connectivity index (χ2v) is 4.47. The first-order valence-corrected chi connectivity index (χ1v) is 6.30. The van der Waals surface area contributed by atoms with Gasteiger partial charge in [0.05, 0.1) is 0 Å². The molecule has 1 heterocycles. The Labute approximate surface area is 111 Å². The van der Waals surface area contributed by atoms with Crippen LogP contribution in [-0.4, -0.2) is 31.2 Å². The van der Waals surface area contributed by atoms with Crippen LogP contribution in [0.5, 0.6) is 0 Å². The number of hydrogen-bond donors (Lipinski definition) is 1. The summed E-state index contributed by atoms with van der Waals surface area (Å²) < 4.78 is 10.1. The summed E-state index contributed by atoms with van der Waals surface area (Å²) in [4.78, 5) is 23.2. The Morgan fingerprint density at radius 3 is 2.89 bits per heavy atom. The zero-order valence-corrected chi connectivity index (χ0v) is 10.8. The lowest BCUT2D eigenvalue weighted by Gasteiger charge is -2.11. The number of carbonyl (C=O) groups excluding carboxylic acids is 2. The molecule has 0 aromatic heterocycles. The number of aryl methyl sites for hydroxylation is 1. The Bertz CT molecular complexity index is 466.